The van der Waals surface area contributed by atoms with Crippen LogP contribution >= 0.6 is 23.2 Å². The van der Waals surface area contributed by atoms with Crippen LogP contribution < -0.4 is 10.6 Å². The van der Waals surface area contributed by atoms with Gasteiger partial charge in [-0.25, -0.2) is 0 Å². The van der Waals surface area contributed by atoms with E-state index in [1.54, 1.807) is 0 Å². The average Bonchev–Trinajstić information content (AvgIpc) is 2.56. The topological polar surface area (TPSA) is 58.2 Å². The largest absolute Gasteiger partial charge is 0.355 e. The molecule has 0 saturated heterocycles. The van der Waals surface area contributed by atoms with Crippen LogP contribution in [0.3, 0.4) is 0 Å². The number of halogens is 2. The summed E-state index contributed by atoms with van der Waals surface area (Å²) < 4.78 is 0. The first-order chi connectivity index (χ1) is 8.81. The van der Waals surface area contributed by atoms with E-state index in [1.807, 2.05) is 0 Å². The van der Waals surface area contributed by atoms with E-state index in [0.717, 1.165) is 6.42 Å². The zero-order chi connectivity index (χ0) is 14.6. The summed E-state index contributed by atoms with van der Waals surface area (Å²) in [4.78, 5) is 22.8. The Balaban J connectivity index is 2.74. The lowest BCUT2D eigenvalue weighted by atomic mass is 9.80. The summed E-state index contributed by atoms with van der Waals surface area (Å²) in [5.74, 6) is 0.123. The zero-order valence-electron chi connectivity index (χ0n) is 11.6. The van der Waals surface area contributed by atoms with Gasteiger partial charge in [-0.2, -0.15) is 0 Å². The van der Waals surface area contributed by atoms with E-state index in [-0.39, 0.29) is 40.9 Å². The van der Waals surface area contributed by atoms with Gasteiger partial charge in [0.05, 0.1) is 0 Å². The summed E-state index contributed by atoms with van der Waals surface area (Å²) in [6.07, 6.45) is 1.00. The summed E-state index contributed by atoms with van der Waals surface area (Å²) >= 11 is 11.0. The predicted octanol–water partition coefficient (Wildman–Crippen LogP) is 1.75. The molecule has 0 aromatic rings. The van der Waals surface area contributed by atoms with E-state index in [9.17, 15) is 9.59 Å². The predicted molar refractivity (Wildman–Crippen MR) is 77.4 cm³/mol. The lowest BCUT2D eigenvalue weighted by Gasteiger charge is -2.31. The molecule has 0 spiro atoms. The Bertz CT molecular complexity index is 348. The lowest BCUT2D eigenvalue weighted by Crippen LogP contribution is -2.47. The molecule has 1 rings (SSSR count). The van der Waals surface area contributed by atoms with Crippen LogP contribution in [0.1, 0.15) is 27.2 Å². The standard InChI is InChI=1S/C13H22Cl2N2O2/c1-8-4-13(2,3)9(7-16-10(18)5-14)12(8)17-11(19)6-15/h8-9,12H,4-7H2,1-3H3,(H,16,18)(H,17,19)/t8-,9-,12+/m0/s1. The summed E-state index contributed by atoms with van der Waals surface area (Å²) in [7, 11) is 0. The third-order valence-corrected chi connectivity index (χ3v) is 4.47. The number of rotatable bonds is 5. The van der Waals surface area contributed by atoms with Gasteiger partial charge in [-0.1, -0.05) is 20.8 Å². The van der Waals surface area contributed by atoms with Crippen LogP contribution in [-0.4, -0.2) is 36.2 Å². The molecule has 0 unspecified atom stereocenters. The minimum atomic E-state index is -0.181. The quantitative estimate of drug-likeness (QED) is 0.760. The highest BCUT2D eigenvalue weighted by atomic mass is 35.5. The molecule has 0 aliphatic heterocycles. The van der Waals surface area contributed by atoms with Crippen LogP contribution in [0.15, 0.2) is 0 Å². The highest BCUT2D eigenvalue weighted by molar-refractivity contribution is 6.27. The van der Waals surface area contributed by atoms with E-state index < -0.39 is 0 Å². The highest BCUT2D eigenvalue weighted by Crippen LogP contribution is 2.45. The van der Waals surface area contributed by atoms with Crippen molar-refractivity contribution in [3.8, 4) is 0 Å². The number of nitrogens with one attached hydrogen (secondary N) is 2. The van der Waals surface area contributed by atoms with Crippen molar-refractivity contribution < 1.29 is 9.59 Å². The number of carbonyl (C=O) groups is 2. The molecule has 4 nitrogen and oxygen atoms in total. The minimum Gasteiger partial charge on any atom is -0.355 e. The number of alkyl halides is 2. The first-order valence-electron chi connectivity index (χ1n) is 6.49. The molecule has 0 heterocycles. The Labute approximate surface area is 124 Å². The fourth-order valence-electron chi connectivity index (χ4n) is 3.13. The summed E-state index contributed by atoms with van der Waals surface area (Å²) in [5.41, 5.74) is 0.0588. The van der Waals surface area contributed by atoms with Crippen molar-refractivity contribution in [2.24, 2.45) is 17.3 Å². The normalized spacial score (nSPS) is 29.0. The monoisotopic (exact) mass is 308 g/mol. The fraction of sp³-hybridized carbons (Fsp3) is 0.846. The van der Waals surface area contributed by atoms with Crippen LogP contribution in [0.4, 0.5) is 0 Å². The minimum absolute atomic E-state index is 0.0373. The molecule has 0 bridgehead atoms. The van der Waals surface area contributed by atoms with Crippen LogP contribution in [-0.2, 0) is 9.59 Å². The lowest BCUT2D eigenvalue weighted by molar-refractivity contribution is -0.119. The van der Waals surface area contributed by atoms with Gasteiger partial charge in [-0.3, -0.25) is 9.59 Å². The maximum absolute atomic E-state index is 11.5. The Hall–Kier alpha value is -0.480. The van der Waals surface area contributed by atoms with Gasteiger partial charge in [0.25, 0.3) is 0 Å². The number of carbonyl (C=O) groups excluding carboxylic acids is 2. The van der Waals surface area contributed by atoms with Gasteiger partial charge >= 0.3 is 0 Å². The molecule has 0 aromatic heterocycles. The van der Waals surface area contributed by atoms with Gasteiger partial charge < -0.3 is 10.6 Å². The van der Waals surface area contributed by atoms with Crippen molar-refractivity contribution in [1.29, 1.82) is 0 Å². The Morgan fingerprint density at radius 1 is 1.21 bits per heavy atom. The molecule has 1 aliphatic rings. The van der Waals surface area contributed by atoms with E-state index >= 15 is 0 Å². The SMILES string of the molecule is C[C@H]1CC(C)(C)[C@@H](CNC(=O)CCl)[C@@H]1NC(=O)CCl. The van der Waals surface area contributed by atoms with Crippen molar-refractivity contribution in [3.63, 3.8) is 0 Å². The smallest absolute Gasteiger partial charge is 0.235 e. The molecule has 6 heteroatoms. The molecular weight excluding hydrogens is 287 g/mol. The van der Waals surface area contributed by atoms with E-state index in [4.69, 9.17) is 23.2 Å². The van der Waals surface area contributed by atoms with Gasteiger partial charge in [0, 0.05) is 18.5 Å². The molecule has 0 aromatic carbocycles. The van der Waals surface area contributed by atoms with E-state index in [0.29, 0.717) is 12.5 Å². The molecule has 19 heavy (non-hydrogen) atoms. The third-order valence-electron chi connectivity index (χ3n) is 3.99. The molecule has 2 amide bonds. The number of amides is 2. The van der Waals surface area contributed by atoms with Crippen LogP contribution in [0.5, 0.6) is 0 Å². The Kier molecular flexibility index (Phi) is 5.93. The van der Waals surface area contributed by atoms with Crippen LogP contribution in [0.25, 0.3) is 0 Å². The van der Waals surface area contributed by atoms with Crippen molar-refractivity contribution in [2.45, 2.75) is 33.2 Å². The van der Waals surface area contributed by atoms with Gasteiger partial charge in [-0.15, -0.1) is 23.2 Å². The number of hydrogen-bond acceptors (Lipinski definition) is 2. The van der Waals surface area contributed by atoms with E-state index in [1.165, 1.54) is 0 Å². The molecule has 1 fully saturated rings. The van der Waals surface area contributed by atoms with Gasteiger partial charge in [0.2, 0.25) is 11.8 Å². The summed E-state index contributed by atoms with van der Waals surface area (Å²) in [5, 5.41) is 5.79. The van der Waals surface area contributed by atoms with Gasteiger partial charge in [0.1, 0.15) is 11.8 Å². The third kappa shape index (κ3) is 4.25. The summed E-state index contributed by atoms with van der Waals surface area (Å²) in [6, 6.07) is 0.0388. The van der Waals surface area contributed by atoms with Gasteiger partial charge in [0.15, 0.2) is 0 Å². The molecule has 2 N–H and O–H groups in total. The maximum atomic E-state index is 11.5. The molecule has 110 valence electrons. The van der Waals surface area contributed by atoms with Crippen molar-refractivity contribution in [1.82, 2.24) is 10.6 Å². The second-order valence-corrected chi connectivity index (χ2v) is 6.48. The van der Waals surface area contributed by atoms with E-state index in [2.05, 4.69) is 31.4 Å². The highest BCUT2D eigenvalue weighted by Gasteiger charge is 2.46. The Morgan fingerprint density at radius 3 is 2.32 bits per heavy atom. The van der Waals surface area contributed by atoms with Crippen LogP contribution in [0.2, 0.25) is 0 Å². The van der Waals surface area contributed by atoms with Crippen molar-refractivity contribution in [2.75, 3.05) is 18.3 Å². The molecule has 0 radical (unpaired) electrons. The molecule has 3 atom stereocenters. The first-order valence-corrected chi connectivity index (χ1v) is 7.56. The molecule has 1 aliphatic carbocycles. The molecule has 1 saturated carbocycles. The van der Waals surface area contributed by atoms with Gasteiger partial charge in [-0.05, 0) is 17.8 Å². The zero-order valence-corrected chi connectivity index (χ0v) is 13.1. The maximum Gasteiger partial charge on any atom is 0.235 e. The average molecular weight is 309 g/mol. The second-order valence-electron chi connectivity index (χ2n) is 5.94. The van der Waals surface area contributed by atoms with Crippen molar-refractivity contribution >= 4 is 35.0 Å². The number of hydrogen-bond donors (Lipinski definition) is 2. The molecular formula is C13H22Cl2N2O2. The fourth-order valence-corrected chi connectivity index (χ4v) is 3.30. The Morgan fingerprint density at radius 2 is 1.79 bits per heavy atom. The van der Waals surface area contributed by atoms with Crippen LogP contribution in [0, 0.1) is 17.3 Å². The van der Waals surface area contributed by atoms with Crippen molar-refractivity contribution in [3.05, 3.63) is 0 Å². The first kappa shape index (κ1) is 16.6. The second kappa shape index (κ2) is 6.80. The summed E-state index contributed by atoms with van der Waals surface area (Å²) in [6.45, 7) is 6.96.